The zero-order valence-corrected chi connectivity index (χ0v) is 15.2. The second-order valence-electron chi connectivity index (χ2n) is 6.17. The van der Waals surface area contributed by atoms with Gasteiger partial charge >= 0.3 is 0 Å². The van der Waals surface area contributed by atoms with Crippen LogP contribution in [0.1, 0.15) is 16.7 Å². The van der Waals surface area contributed by atoms with E-state index in [-0.39, 0.29) is 5.82 Å². The summed E-state index contributed by atoms with van der Waals surface area (Å²) in [5.74, 6) is -0.372. The van der Waals surface area contributed by atoms with Gasteiger partial charge in [0.15, 0.2) is 0 Å². The molecule has 0 fully saturated rings. The van der Waals surface area contributed by atoms with Crippen LogP contribution >= 0.6 is 0 Å². The standard InChI is InChI=1S/C23H17FN4/c1-16-13-17(3-2-12-25)6-11-22(16)28-20-9-10-21(24)23(14-20)27-19-7-4-18(15-26)5-8-19/h2-11,13-14,27-28H,1H3. The van der Waals surface area contributed by atoms with Gasteiger partial charge in [-0.25, -0.2) is 4.39 Å². The molecule has 2 N–H and O–H groups in total. The maximum Gasteiger partial charge on any atom is 0.146 e. The number of anilines is 4. The van der Waals surface area contributed by atoms with Crippen LogP contribution in [-0.4, -0.2) is 0 Å². The number of nitriles is 2. The van der Waals surface area contributed by atoms with E-state index in [1.54, 1.807) is 42.5 Å². The number of hydrogen-bond acceptors (Lipinski definition) is 4. The van der Waals surface area contributed by atoms with Gasteiger partial charge in [0.25, 0.3) is 0 Å². The van der Waals surface area contributed by atoms with Crippen molar-refractivity contribution in [1.29, 1.82) is 10.5 Å². The predicted octanol–water partition coefficient (Wildman–Crippen LogP) is 6.03. The van der Waals surface area contributed by atoms with Crippen molar-refractivity contribution in [2.24, 2.45) is 0 Å². The van der Waals surface area contributed by atoms with Crippen LogP contribution < -0.4 is 10.6 Å². The SMILES string of the molecule is Cc1cc(C=CC#N)ccc1Nc1ccc(F)c(Nc2ccc(C#N)cc2)c1. The van der Waals surface area contributed by atoms with E-state index < -0.39 is 0 Å². The smallest absolute Gasteiger partial charge is 0.146 e. The van der Waals surface area contributed by atoms with E-state index in [1.807, 2.05) is 31.2 Å². The number of nitrogens with zero attached hydrogens (tertiary/aromatic N) is 2. The zero-order valence-electron chi connectivity index (χ0n) is 15.2. The van der Waals surface area contributed by atoms with Gasteiger partial charge in [-0.1, -0.05) is 6.07 Å². The third-order valence-electron chi connectivity index (χ3n) is 4.14. The Bertz CT molecular complexity index is 1100. The highest BCUT2D eigenvalue weighted by Gasteiger charge is 2.06. The van der Waals surface area contributed by atoms with E-state index in [4.69, 9.17) is 10.5 Å². The molecule has 28 heavy (non-hydrogen) atoms. The second kappa shape index (κ2) is 8.53. The average molecular weight is 368 g/mol. The van der Waals surface area contributed by atoms with Gasteiger partial charge < -0.3 is 10.6 Å². The van der Waals surface area contributed by atoms with Crippen LogP contribution in [0.15, 0.2) is 66.7 Å². The molecule has 0 aliphatic rings. The summed E-state index contributed by atoms with van der Waals surface area (Å²) < 4.78 is 14.2. The molecule has 0 unspecified atom stereocenters. The third-order valence-corrected chi connectivity index (χ3v) is 4.14. The van der Waals surface area contributed by atoms with Crippen molar-refractivity contribution in [3.8, 4) is 12.1 Å². The number of rotatable bonds is 5. The highest BCUT2D eigenvalue weighted by molar-refractivity contribution is 5.71. The molecular weight excluding hydrogens is 351 g/mol. The minimum absolute atomic E-state index is 0.334. The van der Waals surface area contributed by atoms with E-state index in [9.17, 15) is 4.39 Å². The summed E-state index contributed by atoms with van der Waals surface area (Å²) in [4.78, 5) is 0. The minimum Gasteiger partial charge on any atom is -0.355 e. The first-order valence-corrected chi connectivity index (χ1v) is 8.59. The van der Waals surface area contributed by atoms with E-state index in [0.29, 0.717) is 16.9 Å². The quantitative estimate of drug-likeness (QED) is 0.539. The van der Waals surface area contributed by atoms with Crippen molar-refractivity contribution < 1.29 is 4.39 Å². The van der Waals surface area contributed by atoms with Gasteiger partial charge in [0.05, 0.1) is 23.4 Å². The fourth-order valence-electron chi connectivity index (χ4n) is 2.70. The van der Waals surface area contributed by atoms with Gasteiger partial charge in [0.1, 0.15) is 5.82 Å². The minimum atomic E-state index is -0.372. The molecule has 0 amide bonds. The van der Waals surface area contributed by atoms with Crippen LogP contribution in [0.5, 0.6) is 0 Å². The van der Waals surface area contributed by atoms with E-state index >= 15 is 0 Å². The molecule has 0 radical (unpaired) electrons. The second-order valence-corrected chi connectivity index (χ2v) is 6.17. The van der Waals surface area contributed by atoms with Gasteiger partial charge in [0.2, 0.25) is 0 Å². The van der Waals surface area contributed by atoms with Gasteiger partial charge in [0, 0.05) is 23.1 Å². The van der Waals surface area contributed by atoms with Gasteiger partial charge in [-0.05, 0) is 78.7 Å². The van der Waals surface area contributed by atoms with E-state index in [2.05, 4.69) is 16.7 Å². The lowest BCUT2D eigenvalue weighted by molar-refractivity contribution is 0.632. The lowest BCUT2D eigenvalue weighted by Gasteiger charge is -2.13. The monoisotopic (exact) mass is 368 g/mol. The predicted molar refractivity (Wildman–Crippen MR) is 110 cm³/mol. The van der Waals surface area contributed by atoms with E-state index in [1.165, 1.54) is 12.1 Å². The first-order chi connectivity index (χ1) is 13.6. The molecule has 0 saturated carbocycles. The summed E-state index contributed by atoms with van der Waals surface area (Å²) in [6.07, 6.45) is 3.18. The van der Waals surface area contributed by atoms with Crippen LogP contribution in [-0.2, 0) is 0 Å². The average Bonchev–Trinajstić information content (AvgIpc) is 2.71. The molecule has 4 nitrogen and oxygen atoms in total. The van der Waals surface area contributed by atoms with E-state index in [0.717, 1.165) is 22.5 Å². The largest absolute Gasteiger partial charge is 0.355 e. The number of hydrogen-bond donors (Lipinski definition) is 2. The Kier molecular flexibility index (Phi) is 5.69. The highest BCUT2D eigenvalue weighted by atomic mass is 19.1. The first-order valence-electron chi connectivity index (χ1n) is 8.59. The molecule has 0 aliphatic heterocycles. The van der Waals surface area contributed by atoms with Crippen LogP contribution in [0.2, 0.25) is 0 Å². The normalized spacial score (nSPS) is 10.3. The fourth-order valence-corrected chi connectivity index (χ4v) is 2.70. The highest BCUT2D eigenvalue weighted by Crippen LogP contribution is 2.27. The number of allylic oxidation sites excluding steroid dienone is 1. The van der Waals surface area contributed by atoms with Crippen molar-refractivity contribution in [3.05, 3.63) is 89.2 Å². The first kappa shape index (κ1) is 18.7. The molecule has 3 rings (SSSR count). The molecule has 5 heteroatoms. The summed E-state index contributed by atoms with van der Waals surface area (Å²) in [5, 5.41) is 23.8. The van der Waals surface area contributed by atoms with Gasteiger partial charge in [-0.15, -0.1) is 0 Å². The molecule has 3 aromatic carbocycles. The molecule has 0 atom stereocenters. The molecular formula is C23H17FN4. The maximum atomic E-state index is 14.2. The number of nitrogens with one attached hydrogen (secondary N) is 2. The number of aryl methyl sites for hydroxylation is 1. The molecule has 136 valence electrons. The molecule has 0 aromatic heterocycles. The number of halogens is 1. The van der Waals surface area contributed by atoms with Crippen molar-refractivity contribution in [3.63, 3.8) is 0 Å². The molecule has 0 bridgehead atoms. The molecule has 3 aromatic rings. The Morgan fingerprint density at radius 1 is 0.857 bits per heavy atom. The zero-order chi connectivity index (χ0) is 19.9. The summed E-state index contributed by atoms with van der Waals surface area (Å²) >= 11 is 0. The lowest BCUT2D eigenvalue weighted by atomic mass is 10.1. The topological polar surface area (TPSA) is 71.6 Å². The van der Waals surface area contributed by atoms with Crippen LogP contribution in [0.4, 0.5) is 27.1 Å². The summed E-state index contributed by atoms with van der Waals surface area (Å²) in [6.45, 7) is 1.96. The molecule has 0 aliphatic carbocycles. The Labute approximate surface area is 163 Å². The van der Waals surface area contributed by atoms with Crippen LogP contribution in [0, 0.1) is 35.4 Å². The number of benzene rings is 3. The Morgan fingerprint density at radius 3 is 2.25 bits per heavy atom. The van der Waals surface area contributed by atoms with Gasteiger partial charge in [-0.3, -0.25) is 0 Å². The Morgan fingerprint density at radius 2 is 1.57 bits per heavy atom. The lowest BCUT2D eigenvalue weighted by Crippen LogP contribution is -1.98. The summed E-state index contributed by atoms with van der Waals surface area (Å²) in [6, 6.07) is 21.4. The van der Waals surface area contributed by atoms with Crippen molar-refractivity contribution in [1.82, 2.24) is 0 Å². The molecule has 0 saturated heterocycles. The molecule has 0 heterocycles. The summed E-state index contributed by atoms with van der Waals surface area (Å²) in [5.41, 5.74) is 5.15. The molecule has 0 spiro atoms. The van der Waals surface area contributed by atoms with Crippen molar-refractivity contribution in [2.45, 2.75) is 6.92 Å². The Balaban J connectivity index is 1.80. The van der Waals surface area contributed by atoms with Crippen molar-refractivity contribution >= 4 is 28.8 Å². The Hall–Kier alpha value is -4.09. The van der Waals surface area contributed by atoms with Crippen molar-refractivity contribution in [2.75, 3.05) is 10.6 Å². The van der Waals surface area contributed by atoms with Gasteiger partial charge in [-0.2, -0.15) is 10.5 Å². The summed E-state index contributed by atoms with van der Waals surface area (Å²) in [7, 11) is 0. The fraction of sp³-hybridized carbons (Fsp3) is 0.0435. The van der Waals surface area contributed by atoms with Crippen LogP contribution in [0.25, 0.3) is 6.08 Å². The third kappa shape index (κ3) is 4.55. The van der Waals surface area contributed by atoms with Crippen LogP contribution in [0.3, 0.4) is 0 Å². The maximum absolute atomic E-state index is 14.2.